The fourth-order valence-corrected chi connectivity index (χ4v) is 0.815. The molecule has 2 heteroatoms. The summed E-state index contributed by atoms with van der Waals surface area (Å²) in [5.41, 5.74) is 1.92. The Morgan fingerprint density at radius 3 is 2.60 bits per heavy atom. The SMILES string of the molecule is C1=CC(c2ccccn2)=N1. The van der Waals surface area contributed by atoms with E-state index in [1.165, 1.54) is 0 Å². The van der Waals surface area contributed by atoms with Crippen molar-refractivity contribution in [2.24, 2.45) is 4.99 Å². The molecule has 1 aliphatic rings. The minimum absolute atomic E-state index is 0.949. The topological polar surface area (TPSA) is 25.2 Å². The molecule has 2 rings (SSSR count). The molecule has 0 bridgehead atoms. The number of rotatable bonds is 1. The minimum Gasteiger partial charge on any atom is -0.255 e. The highest BCUT2D eigenvalue weighted by molar-refractivity contribution is 6.10. The van der Waals surface area contributed by atoms with E-state index in [4.69, 9.17) is 0 Å². The monoisotopic (exact) mass is 130 g/mol. The van der Waals surface area contributed by atoms with Crippen molar-refractivity contribution in [3.05, 3.63) is 42.4 Å². The van der Waals surface area contributed by atoms with Crippen LogP contribution in [0.25, 0.3) is 0 Å². The molecule has 2 nitrogen and oxygen atoms in total. The lowest BCUT2D eigenvalue weighted by atomic mass is 10.2. The Labute approximate surface area is 58.9 Å². The van der Waals surface area contributed by atoms with E-state index in [0.717, 1.165) is 11.4 Å². The standard InChI is InChI=1S/C8H6N2/c1-2-5-9-7(3-1)8-4-6-10-8/h1-6H. The van der Waals surface area contributed by atoms with E-state index in [1.54, 1.807) is 12.4 Å². The largest absolute Gasteiger partial charge is 0.255 e. The Bertz CT molecular complexity index is 285. The van der Waals surface area contributed by atoms with Gasteiger partial charge < -0.3 is 0 Å². The summed E-state index contributed by atoms with van der Waals surface area (Å²) in [6.45, 7) is 0. The van der Waals surface area contributed by atoms with Crippen molar-refractivity contribution in [1.29, 1.82) is 0 Å². The lowest BCUT2D eigenvalue weighted by Gasteiger charge is -2.02. The Morgan fingerprint density at radius 1 is 1.20 bits per heavy atom. The van der Waals surface area contributed by atoms with Crippen LogP contribution in [0.15, 0.2) is 41.7 Å². The molecule has 1 aromatic rings. The molecular weight excluding hydrogens is 124 g/mol. The van der Waals surface area contributed by atoms with Gasteiger partial charge in [-0.15, -0.1) is 0 Å². The van der Waals surface area contributed by atoms with Crippen LogP contribution in [0.3, 0.4) is 0 Å². The molecule has 0 atom stereocenters. The van der Waals surface area contributed by atoms with Crippen molar-refractivity contribution in [3.63, 3.8) is 0 Å². The van der Waals surface area contributed by atoms with Gasteiger partial charge in [0.2, 0.25) is 0 Å². The van der Waals surface area contributed by atoms with E-state index in [-0.39, 0.29) is 0 Å². The van der Waals surface area contributed by atoms with Crippen LogP contribution in [-0.4, -0.2) is 10.7 Å². The fourth-order valence-electron chi connectivity index (χ4n) is 0.815. The molecule has 0 unspecified atom stereocenters. The van der Waals surface area contributed by atoms with Crippen molar-refractivity contribution in [2.75, 3.05) is 0 Å². The Kier molecular flexibility index (Phi) is 1.10. The lowest BCUT2D eigenvalue weighted by Crippen LogP contribution is -2.03. The third-order valence-electron chi connectivity index (χ3n) is 1.37. The zero-order valence-electron chi connectivity index (χ0n) is 5.36. The second kappa shape index (κ2) is 2.06. The molecule has 0 spiro atoms. The third kappa shape index (κ3) is 0.739. The summed E-state index contributed by atoms with van der Waals surface area (Å²) < 4.78 is 0. The third-order valence-corrected chi connectivity index (χ3v) is 1.37. The van der Waals surface area contributed by atoms with Crippen molar-refractivity contribution in [2.45, 2.75) is 0 Å². The number of allylic oxidation sites excluding steroid dienone is 1. The average Bonchev–Trinajstić information content (AvgIpc) is 1.86. The molecule has 0 saturated carbocycles. The van der Waals surface area contributed by atoms with E-state index < -0.39 is 0 Å². The smallest absolute Gasteiger partial charge is 0.0901 e. The molecule has 1 aliphatic heterocycles. The summed E-state index contributed by atoms with van der Waals surface area (Å²) in [5.74, 6) is 0. The van der Waals surface area contributed by atoms with E-state index in [2.05, 4.69) is 9.98 Å². The summed E-state index contributed by atoms with van der Waals surface area (Å²) in [6, 6.07) is 5.80. The molecule has 0 saturated heterocycles. The first-order chi connectivity index (χ1) is 4.97. The van der Waals surface area contributed by atoms with Gasteiger partial charge in [-0.05, 0) is 18.2 Å². The van der Waals surface area contributed by atoms with Gasteiger partial charge >= 0.3 is 0 Å². The van der Waals surface area contributed by atoms with Crippen molar-refractivity contribution < 1.29 is 0 Å². The van der Waals surface area contributed by atoms with Gasteiger partial charge in [-0.2, -0.15) is 0 Å². The van der Waals surface area contributed by atoms with Crippen molar-refractivity contribution in [1.82, 2.24) is 4.98 Å². The number of hydrogen-bond acceptors (Lipinski definition) is 2. The molecule has 0 radical (unpaired) electrons. The Balaban J connectivity index is 2.35. The highest BCUT2D eigenvalue weighted by Crippen LogP contribution is 2.04. The summed E-state index contributed by atoms with van der Waals surface area (Å²) in [7, 11) is 0. The quantitative estimate of drug-likeness (QED) is 0.564. The fraction of sp³-hybridized carbons (Fsp3) is 0. The first kappa shape index (κ1) is 5.35. The maximum Gasteiger partial charge on any atom is 0.0901 e. The van der Waals surface area contributed by atoms with E-state index in [0.29, 0.717) is 0 Å². The zero-order valence-corrected chi connectivity index (χ0v) is 5.36. The molecule has 0 fully saturated rings. The van der Waals surface area contributed by atoms with Crippen molar-refractivity contribution >= 4 is 5.71 Å². The second-order valence-electron chi connectivity index (χ2n) is 2.05. The summed E-state index contributed by atoms with van der Waals surface area (Å²) in [5, 5.41) is 0. The molecule has 10 heavy (non-hydrogen) atoms. The van der Waals surface area contributed by atoms with Gasteiger partial charge in [-0.25, -0.2) is 0 Å². The van der Waals surface area contributed by atoms with Crippen LogP contribution >= 0.6 is 0 Å². The van der Waals surface area contributed by atoms with Gasteiger partial charge in [0.05, 0.1) is 11.4 Å². The van der Waals surface area contributed by atoms with Crippen LogP contribution in [0.2, 0.25) is 0 Å². The predicted octanol–water partition coefficient (Wildman–Crippen LogP) is 1.40. The number of aromatic nitrogens is 1. The first-order valence-corrected chi connectivity index (χ1v) is 3.12. The normalized spacial score (nSPS) is 14.2. The van der Waals surface area contributed by atoms with Gasteiger partial charge in [0.25, 0.3) is 0 Å². The lowest BCUT2D eigenvalue weighted by molar-refractivity contribution is 1.28. The zero-order chi connectivity index (χ0) is 6.81. The average molecular weight is 130 g/mol. The molecular formula is C8H6N2. The number of pyridine rings is 1. The van der Waals surface area contributed by atoms with Gasteiger partial charge in [0.15, 0.2) is 0 Å². The van der Waals surface area contributed by atoms with Gasteiger partial charge in [0, 0.05) is 12.4 Å². The van der Waals surface area contributed by atoms with Crippen molar-refractivity contribution in [3.8, 4) is 0 Å². The summed E-state index contributed by atoms with van der Waals surface area (Å²) in [4.78, 5) is 8.13. The van der Waals surface area contributed by atoms with Crippen LogP contribution in [0.1, 0.15) is 5.69 Å². The van der Waals surface area contributed by atoms with E-state index in [1.807, 2.05) is 24.3 Å². The molecule has 0 aliphatic carbocycles. The molecule has 0 N–H and O–H groups in total. The van der Waals surface area contributed by atoms with Crippen LogP contribution in [0.4, 0.5) is 0 Å². The number of hydrogen-bond donors (Lipinski definition) is 0. The molecule has 0 amide bonds. The van der Waals surface area contributed by atoms with E-state index >= 15 is 0 Å². The van der Waals surface area contributed by atoms with Gasteiger partial charge in [-0.3, -0.25) is 9.98 Å². The summed E-state index contributed by atoms with van der Waals surface area (Å²) >= 11 is 0. The number of aliphatic imine (C=N–C) groups is 1. The molecule has 48 valence electrons. The Hall–Kier alpha value is -1.44. The second-order valence-corrected chi connectivity index (χ2v) is 2.05. The van der Waals surface area contributed by atoms with Crippen LogP contribution in [0, 0.1) is 0 Å². The van der Waals surface area contributed by atoms with Gasteiger partial charge in [-0.1, -0.05) is 6.07 Å². The maximum absolute atomic E-state index is 4.12. The molecule has 2 heterocycles. The van der Waals surface area contributed by atoms with Gasteiger partial charge in [0.1, 0.15) is 0 Å². The first-order valence-electron chi connectivity index (χ1n) is 3.12. The predicted molar refractivity (Wildman–Crippen MR) is 39.9 cm³/mol. The summed E-state index contributed by atoms with van der Waals surface area (Å²) in [6.07, 6.45) is 5.48. The van der Waals surface area contributed by atoms with E-state index in [9.17, 15) is 0 Å². The number of nitrogens with zero attached hydrogens (tertiary/aromatic N) is 2. The van der Waals surface area contributed by atoms with Crippen LogP contribution in [-0.2, 0) is 0 Å². The molecule has 0 aromatic carbocycles. The minimum atomic E-state index is 0.949. The van der Waals surface area contributed by atoms with Crippen LogP contribution < -0.4 is 0 Å². The highest BCUT2D eigenvalue weighted by atomic mass is 14.8. The Morgan fingerprint density at radius 2 is 2.10 bits per heavy atom. The van der Waals surface area contributed by atoms with Crippen LogP contribution in [0.5, 0.6) is 0 Å². The molecule has 1 aromatic heterocycles. The maximum atomic E-state index is 4.12. The highest BCUT2D eigenvalue weighted by Gasteiger charge is 2.02.